The van der Waals surface area contributed by atoms with Crippen LogP contribution in [-0.2, 0) is 6.61 Å². The summed E-state index contributed by atoms with van der Waals surface area (Å²) < 4.78 is 1.66. The minimum absolute atomic E-state index is 0.233. The number of hydrogen-bond donors (Lipinski definition) is 2. The largest absolute Gasteiger partial charge is 0.390 e. The van der Waals surface area contributed by atoms with Crippen LogP contribution < -0.4 is 5.73 Å². The Labute approximate surface area is 132 Å². The fourth-order valence-corrected chi connectivity index (χ4v) is 2.74. The van der Waals surface area contributed by atoms with Crippen LogP contribution in [0.2, 0.25) is 5.02 Å². The summed E-state index contributed by atoms with van der Waals surface area (Å²) in [5, 5.41) is 10.3. The molecular formula is C16H14ClN3O2. The third-order valence-electron chi connectivity index (χ3n) is 3.53. The van der Waals surface area contributed by atoms with Gasteiger partial charge in [0.15, 0.2) is 0 Å². The predicted molar refractivity (Wildman–Crippen MR) is 84.8 cm³/mol. The molecule has 0 radical (unpaired) electrons. The van der Waals surface area contributed by atoms with Crippen LogP contribution in [0.25, 0.3) is 16.9 Å². The lowest BCUT2D eigenvalue weighted by Crippen LogP contribution is -2.12. The molecule has 3 N–H and O–H groups in total. The lowest BCUT2D eigenvalue weighted by molar-refractivity contribution is 0.1000. The third-order valence-corrected chi connectivity index (χ3v) is 3.84. The highest BCUT2D eigenvalue weighted by molar-refractivity contribution is 6.33. The summed E-state index contributed by atoms with van der Waals surface area (Å²) >= 11 is 6.30. The Bertz CT molecular complexity index is 886. The lowest BCUT2D eigenvalue weighted by atomic mass is 10.1. The molecule has 3 rings (SSSR count). The number of imidazole rings is 1. The topological polar surface area (TPSA) is 80.6 Å². The van der Waals surface area contributed by atoms with Crippen LogP contribution in [0.4, 0.5) is 0 Å². The van der Waals surface area contributed by atoms with E-state index in [0.29, 0.717) is 27.6 Å². The van der Waals surface area contributed by atoms with Crippen molar-refractivity contribution in [2.45, 2.75) is 13.5 Å². The second kappa shape index (κ2) is 5.44. The van der Waals surface area contributed by atoms with E-state index >= 15 is 0 Å². The molecule has 0 unspecified atom stereocenters. The van der Waals surface area contributed by atoms with Crippen molar-refractivity contribution < 1.29 is 9.90 Å². The highest BCUT2D eigenvalue weighted by Crippen LogP contribution is 2.31. The number of primary amides is 1. The van der Waals surface area contributed by atoms with Gasteiger partial charge in [-0.25, -0.2) is 4.98 Å². The molecule has 0 aliphatic heterocycles. The molecule has 0 aliphatic rings. The summed E-state index contributed by atoms with van der Waals surface area (Å²) in [7, 11) is 0. The summed E-state index contributed by atoms with van der Waals surface area (Å²) in [6, 6.07) is 8.93. The van der Waals surface area contributed by atoms with E-state index in [4.69, 9.17) is 17.3 Å². The normalized spacial score (nSPS) is 11.0. The number of rotatable bonds is 3. The van der Waals surface area contributed by atoms with E-state index < -0.39 is 5.91 Å². The van der Waals surface area contributed by atoms with Crippen LogP contribution in [0, 0.1) is 6.92 Å². The zero-order valence-corrected chi connectivity index (χ0v) is 12.6. The van der Waals surface area contributed by atoms with Gasteiger partial charge in [-0.15, -0.1) is 0 Å². The average Bonchev–Trinajstić information content (AvgIpc) is 2.84. The summed E-state index contributed by atoms with van der Waals surface area (Å²) in [6.07, 6.45) is 1.57. The number of hydrogen-bond acceptors (Lipinski definition) is 3. The first-order valence-electron chi connectivity index (χ1n) is 6.69. The Morgan fingerprint density at radius 3 is 2.77 bits per heavy atom. The standard InChI is InChI=1S/C16H14ClN3O2/c1-9-2-4-11(12(17)6-9)15-13(8-21)20-7-10(16(18)22)3-5-14(20)19-15/h2-7,21H,8H2,1H3,(H2,18,22). The molecule has 0 saturated heterocycles. The van der Waals surface area contributed by atoms with E-state index in [-0.39, 0.29) is 6.61 Å². The van der Waals surface area contributed by atoms with Gasteiger partial charge in [-0.05, 0) is 30.7 Å². The van der Waals surface area contributed by atoms with Gasteiger partial charge < -0.3 is 15.2 Å². The average molecular weight is 316 g/mol. The Morgan fingerprint density at radius 1 is 1.36 bits per heavy atom. The van der Waals surface area contributed by atoms with Gasteiger partial charge in [0.1, 0.15) is 5.65 Å². The SMILES string of the molecule is Cc1ccc(-c2nc3ccc(C(N)=O)cn3c2CO)c(Cl)c1. The Balaban J connectivity index is 2.28. The number of nitrogens with two attached hydrogens (primary N) is 1. The molecule has 0 atom stereocenters. The first-order valence-corrected chi connectivity index (χ1v) is 7.07. The predicted octanol–water partition coefficient (Wildman–Crippen LogP) is 2.55. The van der Waals surface area contributed by atoms with Crippen LogP contribution in [0.1, 0.15) is 21.6 Å². The van der Waals surface area contributed by atoms with Crippen LogP contribution in [0.3, 0.4) is 0 Å². The zero-order chi connectivity index (χ0) is 15.9. The zero-order valence-electron chi connectivity index (χ0n) is 11.9. The van der Waals surface area contributed by atoms with Crippen LogP contribution in [-0.4, -0.2) is 20.4 Å². The van der Waals surface area contributed by atoms with E-state index in [1.807, 2.05) is 25.1 Å². The molecule has 2 aromatic heterocycles. The van der Waals surface area contributed by atoms with E-state index in [0.717, 1.165) is 11.1 Å². The molecule has 0 spiro atoms. The van der Waals surface area contributed by atoms with E-state index in [9.17, 15) is 9.90 Å². The fraction of sp³-hybridized carbons (Fsp3) is 0.125. The third kappa shape index (κ3) is 2.34. The van der Waals surface area contributed by atoms with Crippen LogP contribution >= 0.6 is 11.6 Å². The molecule has 3 aromatic rings. The maximum Gasteiger partial charge on any atom is 0.250 e. The molecular weight excluding hydrogens is 302 g/mol. The van der Waals surface area contributed by atoms with Gasteiger partial charge in [-0.3, -0.25) is 4.79 Å². The number of aromatic nitrogens is 2. The van der Waals surface area contributed by atoms with Crippen molar-refractivity contribution in [3.8, 4) is 11.3 Å². The fourth-order valence-electron chi connectivity index (χ4n) is 2.42. The van der Waals surface area contributed by atoms with E-state index in [1.54, 1.807) is 22.7 Å². The van der Waals surface area contributed by atoms with Crippen LogP contribution in [0.15, 0.2) is 36.5 Å². The van der Waals surface area contributed by atoms with Gasteiger partial charge in [0.25, 0.3) is 0 Å². The van der Waals surface area contributed by atoms with Gasteiger partial charge in [0, 0.05) is 11.8 Å². The summed E-state index contributed by atoms with van der Waals surface area (Å²) in [5.74, 6) is -0.533. The van der Waals surface area contributed by atoms with Gasteiger partial charge >= 0.3 is 0 Å². The molecule has 6 heteroatoms. The quantitative estimate of drug-likeness (QED) is 0.779. The van der Waals surface area contributed by atoms with Crippen molar-refractivity contribution in [3.05, 3.63) is 58.4 Å². The number of amides is 1. The highest BCUT2D eigenvalue weighted by Gasteiger charge is 2.16. The number of benzene rings is 1. The molecule has 0 fully saturated rings. The number of aliphatic hydroxyl groups is 1. The summed E-state index contributed by atoms with van der Waals surface area (Å²) in [4.78, 5) is 15.8. The maximum absolute atomic E-state index is 11.3. The van der Waals surface area contributed by atoms with E-state index in [2.05, 4.69) is 4.98 Å². The minimum atomic E-state index is -0.533. The number of pyridine rings is 1. The van der Waals surface area contributed by atoms with Gasteiger partial charge in [-0.1, -0.05) is 23.7 Å². The molecule has 2 heterocycles. The molecule has 0 bridgehead atoms. The molecule has 0 aliphatic carbocycles. The van der Waals surface area contributed by atoms with Crippen molar-refractivity contribution in [2.24, 2.45) is 5.73 Å². The van der Waals surface area contributed by atoms with Crippen molar-refractivity contribution in [2.75, 3.05) is 0 Å². The molecule has 5 nitrogen and oxygen atoms in total. The Hall–Kier alpha value is -2.37. The highest BCUT2D eigenvalue weighted by atomic mass is 35.5. The first kappa shape index (κ1) is 14.6. The van der Waals surface area contributed by atoms with Crippen molar-refractivity contribution in [1.29, 1.82) is 0 Å². The maximum atomic E-state index is 11.3. The van der Waals surface area contributed by atoms with Crippen molar-refractivity contribution in [1.82, 2.24) is 9.38 Å². The number of aliphatic hydroxyl groups excluding tert-OH is 1. The van der Waals surface area contributed by atoms with Gasteiger partial charge in [-0.2, -0.15) is 0 Å². The summed E-state index contributed by atoms with van der Waals surface area (Å²) in [6.45, 7) is 1.72. The second-order valence-corrected chi connectivity index (χ2v) is 5.47. The number of fused-ring (bicyclic) bond motifs is 1. The van der Waals surface area contributed by atoms with Crippen molar-refractivity contribution in [3.63, 3.8) is 0 Å². The lowest BCUT2D eigenvalue weighted by Gasteiger charge is -2.05. The number of carbonyl (C=O) groups is 1. The minimum Gasteiger partial charge on any atom is -0.390 e. The molecule has 22 heavy (non-hydrogen) atoms. The number of halogens is 1. The number of carbonyl (C=O) groups excluding carboxylic acids is 1. The Morgan fingerprint density at radius 2 is 2.14 bits per heavy atom. The monoisotopic (exact) mass is 315 g/mol. The summed E-state index contributed by atoms with van der Waals surface area (Å²) in [5.41, 5.74) is 9.19. The second-order valence-electron chi connectivity index (χ2n) is 5.06. The van der Waals surface area contributed by atoms with Gasteiger partial charge in [0.05, 0.1) is 28.6 Å². The molecule has 0 saturated carbocycles. The van der Waals surface area contributed by atoms with Crippen LogP contribution in [0.5, 0.6) is 0 Å². The smallest absolute Gasteiger partial charge is 0.250 e. The Kier molecular flexibility index (Phi) is 3.60. The van der Waals surface area contributed by atoms with Crippen molar-refractivity contribution >= 4 is 23.2 Å². The molecule has 1 aromatic carbocycles. The number of nitrogens with zero attached hydrogens (tertiary/aromatic N) is 2. The number of aryl methyl sites for hydroxylation is 1. The molecule has 112 valence electrons. The molecule has 1 amide bonds. The first-order chi connectivity index (χ1) is 10.5. The van der Waals surface area contributed by atoms with E-state index in [1.165, 1.54) is 0 Å². The van der Waals surface area contributed by atoms with Gasteiger partial charge in [0.2, 0.25) is 5.91 Å².